The van der Waals surface area contributed by atoms with Gasteiger partial charge < -0.3 is 5.11 Å². The van der Waals surface area contributed by atoms with Crippen LogP contribution < -0.4 is 4.90 Å². The Bertz CT molecular complexity index is 1030. The molecule has 0 spiro atoms. The fraction of sp³-hybridized carbons (Fsp3) is 0.182. The van der Waals surface area contributed by atoms with Gasteiger partial charge in [0.15, 0.2) is 5.76 Å². The summed E-state index contributed by atoms with van der Waals surface area (Å²) in [5.41, 5.74) is 1.96. The number of aliphatic hydroxyl groups is 1. The zero-order valence-corrected chi connectivity index (χ0v) is 17.1. The third-order valence-electron chi connectivity index (χ3n) is 4.85. The van der Waals surface area contributed by atoms with Gasteiger partial charge >= 0.3 is 0 Å². The second kappa shape index (κ2) is 7.37. The molecule has 1 atom stereocenters. The number of carbonyl (C=O) groups excluding carboxylic acids is 2. The van der Waals surface area contributed by atoms with E-state index in [4.69, 9.17) is 0 Å². The first-order valence-electron chi connectivity index (χ1n) is 8.97. The maximum Gasteiger partial charge on any atom is 0.294 e. The summed E-state index contributed by atoms with van der Waals surface area (Å²) < 4.78 is 0. The van der Waals surface area contributed by atoms with E-state index in [-0.39, 0.29) is 11.4 Å². The molecule has 28 heavy (non-hydrogen) atoms. The topological polar surface area (TPSA) is 57.6 Å². The summed E-state index contributed by atoms with van der Waals surface area (Å²) in [5, 5.41) is 14.4. The van der Waals surface area contributed by atoms with E-state index in [1.807, 2.05) is 47.2 Å². The van der Waals surface area contributed by atoms with E-state index in [1.54, 1.807) is 12.1 Å². The monoisotopic (exact) mass is 409 g/mol. The van der Waals surface area contributed by atoms with Gasteiger partial charge in [0.25, 0.3) is 5.91 Å². The van der Waals surface area contributed by atoms with Crippen LogP contribution >= 0.6 is 22.7 Å². The smallest absolute Gasteiger partial charge is 0.294 e. The molecular weight excluding hydrogens is 390 g/mol. The van der Waals surface area contributed by atoms with Gasteiger partial charge in [-0.1, -0.05) is 38.1 Å². The number of benzene rings is 1. The number of hydrogen-bond donors (Lipinski definition) is 1. The highest BCUT2D eigenvalue weighted by atomic mass is 32.1. The Morgan fingerprint density at radius 3 is 2.29 bits per heavy atom. The second-order valence-electron chi connectivity index (χ2n) is 6.91. The van der Waals surface area contributed by atoms with Crippen molar-refractivity contribution in [3.63, 3.8) is 0 Å². The molecule has 1 N–H and O–H groups in total. The quantitative estimate of drug-likeness (QED) is 0.549. The number of Topliss-reactive ketones (excluding diaryl/α,β-unsaturated/α-hetero) is 1. The standard InChI is InChI=1S/C22H19NO3S2/c1-13(2)14-7-9-15(10-8-14)23-19(16-5-3-11-27-16)18(21(25)22(23)26)20(24)17-6-4-12-28-17/h3-13,19,25H,1-2H3. The second-order valence-corrected chi connectivity index (χ2v) is 8.84. The summed E-state index contributed by atoms with van der Waals surface area (Å²) in [5.74, 6) is -0.945. The molecule has 0 fully saturated rings. The van der Waals surface area contributed by atoms with Crippen LogP contribution in [0.15, 0.2) is 70.6 Å². The van der Waals surface area contributed by atoms with Crippen LogP contribution in [0.3, 0.4) is 0 Å². The number of ketones is 1. The first kappa shape index (κ1) is 18.7. The van der Waals surface area contributed by atoms with Crippen molar-refractivity contribution in [2.45, 2.75) is 25.8 Å². The van der Waals surface area contributed by atoms with Crippen molar-refractivity contribution >= 4 is 40.1 Å². The minimum atomic E-state index is -0.632. The van der Waals surface area contributed by atoms with Crippen LogP contribution in [0.4, 0.5) is 5.69 Å². The molecule has 1 aromatic carbocycles. The van der Waals surface area contributed by atoms with Crippen LogP contribution in [0, 0.1) is 0 Å². The van der Waals surface area contributed by atoms with E-state index in [0.717, 1.165) is 10.4 Å². The molecule has 4 rings (SSSR count). The Hall–Kier alpha value is -2.70. The zero-order valence-electron chi connectivity index (χ0n) is 15.5. The molecule has 6 heteroatoms. The van der Waals surface area contributed by atoms with Crippen molar-refractivity contribution in [3.8, 4) is 0 Å². The molecule has 0 saturated heterocycles. The van der Waals surface area contributed by atoms with Gasteiger partial charge in [-0.15, -0.1) is 22.7 Å². The molecule has 0 saturated carbocycles. The lowest BCUT2D eigenvalue weighted by atomic mass is 10.00. The summed E-state index contributed by atoms with van der Waals surface area (Å²) in [6.07, 6.45) is 0. The summed E-state index contributed by atoms with van der Waals surface area (Å²) in [6.45, 7) is 4.21. The van der Waals surface area contributed by atoms with E-state index in [9.17, 15) is 14.7 Å². The molecule has 3 heterocycles. The summed E-state index contributed by atoms with van der Waals surface area (Å²) in [6, 6.07) is 14.3. The van der Waals surface area contributed by atoms with Gasteiger partial charge in [-0.3, -0.25) is 14.5 Å². The van der Waals surface area contributed by atoms with Gasteiger partial charge in [0, 0.05) is 10.6 Å². The molecule has 4 nitrogen and oxygen atoms in total. The lowest BCUT2D eigenvalue weighted by Crippen LogP contribution is -2.30. The van der Waals surface area contributed by atoms with Crippen molar-refractivity contribution < 1.29 is 14.7 Å². The van der Waals surface area contributed by atoms with Crippen molar-refractivity contribution in [2.24, 2.45) is 0 Å². The predicted molar refractivity (Wildman–Crippen MR) is 113 cm³/mol. The highest BCUT2D eigenvalue weighted by Gasteiger charge is 2.45. The minimum Gasteiger partial charge on any atom is -0.503 e. The number of carbonyl (C=O) groups is 2. The van der Waals surface area contributed by atoms with Crippen molar-refractivity contribution in [2.75, 3.05) is 4.90 Å². The fourth-order valence-corrected chi connectivity index (χ4v) is 4.88. The molecule has 142 valence electrons. The molecule has 0 bridgehead atoms. The highest BCUT2D eigenvalue weighted by molar-refractivity contribution is 7.12. The number of aliphatic hydroxyl groups excluding tert-OH is 1. The Morgan fingerprint density at radius 2 is 1.71 bits per heavy atom. The Morgan fingerprint density at radius 1 is 1.04 bits per heavy atom. The van der Waals surface area contributed by atoms with E-state index >= 15 is 0 Å². The molecular formula is C22H19NO3S2. The number of anilines is 1. The van der Waals surface area contributed by atoms with Gasteiger partial charge in [0.1, 0.15) is 6.04 Å². The number of thiophene rings is 2. The van der Waals surface area contributed by atoms with Crippen LogP contribution in [-0.2, 0) is 4.79 Å². The van der Waals surface area contributed by atoms with Gasteiger partial charge in [-0.2, -0.15) is 0 Å². The SMILES string of the molecule is CC(C)c1ccc(N2C(=O)C(O)=C(C(=O)c3cccs3)C2c2cccs2)cc1. The van der Waals surface area contributed by atoms with Crippen molar-refractivity contribution in [1.82, 2.24) is 0 Å². The number of hydrogen-bond acceptors (Lipinski definition) is 5. The molecule has 1 unspecified atom stereocenters. The summed E-state index contributed by atoms with van der Waals surface area (Å²) in [4.78, 5) is 29.0. The number of nitrogens with zero attached hydrogens (tertiary/aromatic N) is 1. The molecule has 1 aliphatic heterocycles. The van der Waals surface area contributed by atoms with Gasteiger partial charge in [-0.05, 0) is 46.5 Å². The zero-order chi connectivity index (χ0) is 19.8. The first-order chi connectivity index (χ1) is 13.5. The predicted octanol–water partition coefficient (Wildman–Crippen LogP) is 5.72. The van der Waals surface area contributed by atoms with Gasteiger partial charge in [0.05, 0.1) is 10.5 Å². The molecule has 3 aromatic rings. The van der Waals surface area contributed by atoms with Crippen LogP contribution in [0.5, 0.6) is 0 Å². The average Bonchev–Trinajstić information content (AvgIpc) is 3.43. The molecule has 1 aliphatic rings. The van der Waals surface area contributed by atoms with Crippen LogP contribution in [-0.4, -0.2) is 16.8 Å². The van der Waals surface area contributed by atoms with Crippen LogP contribution in [0.1, 0.15) is 45.9 Å². The van der Waals surface area contributed by atoms with E-state index in [2.05, 4.69) is 13.8 Å². The number of amides is 1. The van der Waals surface area contributed by atoms with E-state index < -0.39 is 17.7 Å². The summed E-state index contributed by atoms with van der Waals surface area (Å²) >= 11 is 2.76. The average molecular weight is 410 g/mol. The third kappa shape index (κ3) is 3.08. The number of rotatable bonds is 5. The highest BCUT2D eigenvalue weighted by Crippen LogP contribution is 2.43. The summed E-state index contributed by atoms with van der Waals surface area (Å²) in [7, 11) is 0. The van der Waals surface area contributed by atoms with Crippen molar-refractivity contribution in [1.29, 1.82) is 0 Å². The molecule has 2 aromatic heterocycles. The third-order valence-corrected chi connectivity index (χ3v) is 6.64. The van der Waals surface area contributed by atoms with E-state index in [0.29, 0.717) is 16.5 Å². The minimum absolute atomic E-state index is 0.142. The molecule has 0 aliphatic carbocycles. The van der Waals surface area contributed by atoms with E-state index in [1.165, 1.54) is 27.6 Å². The maximum absolute atomic E-state index is 13.1. The fourth-order valence-electron chi connectivity index (χ4n) is 3.38. The van der Waals surface area contributed by atoms with Crippen LogP contribution in [0.2, 0.25) is 0 Å². The van der Waals surface area contributed by atoms with Crippen LogP contribution in [0.25, 0.3) is 0 Å². The first-order valence-corrected chi connectivity index (χ1v) is 10.7. The lowest BCUT2D eigenvalue weighted by molar-refractivity contribution is -0.117. The molecule has 0 radical (unpaired) electrons. The maximum atomic E-state index is 13.1. The van der Waals surface area contributed by atoms with Crippen molar-refractivity contribution in [3.05, 3.63) is 85.9 Å². The van der Waals surface area contributed by atoms with Gasteiger partial charge in [0.2, 0.25) is 5.78 Å². The Balaban J connectivity index is 1.81. The van der Waals surface area contributed by atoms with Gasteiger partial charge in [-0.25, -0.2) is 0 Å². The Kier molecular flexibility index (Phi) is 4.91. The Labute approximate surface area is 171 Å². The lowest BCUT2D eigenvalue weighted by Gasteiger charge is -2.26. The molecule has 1 amide bonds. The normalized spacial score (nSPS) is 17.0. The largest absolute Gasteiger partial charge is 0.503 e.